The van der Waals surface area contributed by atoms with Gasteiger partial charge in [0.15, 0.2) is 0 Å². The third-order valence-electron chi connectivity index (χ3n) is 5.69. The standard InChI is InChI=1S/C25H37N5O4S/c1-25(2,3)34-24(31)27-15-16-30(35(32)33)21-9-10-22(29-20-7-5-4-6-8-20)23(17-21)28-18-19-11-13-26-14-12-19/h9-14,17,20,28-29,35H,4-8,15-16,18H2,1-3H3,(H,27,31). The molecule has 1 aliphatic rings. The highest BCUT2D eigenvalue weighted by Crippen LogP contribution is 2.31. The summed E-state index contributed by atoms with van der Waals surface area (Å²) in [7, 11) is -2.90. The summed E-state index contributed by atoms with van der Waals surface area (Å²) in [5.74, 6) is 0. The molecule has 9 nitrogen and oxygen atoms in total. The minimum Gasteiger partial charge on any atom is -0.444 e. The van der Waals surface area contributed by atoms with Crippen molar-refractivity contribution in [2.24, 2.45) is 0 Å². The number of alkyl carbamates (subject to hydrolysis) is 1. The topological polar surface area (TPSA) is 113 Å². The molecule has 1 amide bonds. The Balaban J connectivity index is 1.74. The molecule has 0 radical (unpaired) electrons. The second-order valence-electron chi connectivity index (χ2n) is 9.71. The van der Waals surface area contributed by atoms with Crippen molar-refractivity contribution < 1.29 is 17.9 Å². The lowest BCUT2D eigenvalue weighted by Crippen LogP contribution is -2.37. The molecule has 1 saturated carbocycles. The Morgan fingerprint density at radius 3 is 2.46 bits per heavy atom. The molecule has 2 aromatic rings. The zero-order valence-corrected chi connectivity index (χ0v) is 21.6. The highest BCUT2D eigenvalue weighted by atomic mass is 32.2. The highest BCUT2D eigenvalue weighted by molar-refractivity contribution is 7.74. The predicted molar refractivity (Wildman–Crippen MR) is 140 cm³/mol. The molecule has 3 rings (SSSR count). The smallest absolute Gasteiger partial charge is 0.407 e. The number of thiol groups is 1. The number of hydrogen-bond acceptors (Lipinski definition) is 7. The first-order valence-corrected chi connectivity index (χ1v) is 13.3. The summed E-state index contributed by atoms with van der Waals surface area (Å²) in [4.78, 5) is 16.0. The average molecular weight is 504 g/mol. The van der Waals surface area contributed by atoms with Crippen LogP contribution in [0.5, 0.6) is 0 Å². The van der Waals surface area contributed by atoms with E-state index in [9.17, 15) is 13.2 Å². The molecule has 1 aliphatic carbocycles. The number of amides is 1. The van der Waals surface area contributed by atoms with Crippen molar-refractivity contribution in [1.29, 1.82) is 0 Å². The fourth-order valence-electron chi connectivity index (χ4n) is 4.01. The van der Waals surface area contributed by atoms with Gasteiger partial charge in [0.2, 0.25) is 10.9 Å². The van der Waals surface area contributed by atoms with Crippen LogP contribution in [0, 0.1) is 0 Å². The van der Waals surface area contributed by atoms with Crippen LogP contribution in [0.25, 0.3) is 0 Å². The highest BCUT2D eigenvalue weighted by Gasteiger charge is 2.18. The Kier molecular flexibility index (Phi) is 9.59. The summed E-state index contributed by atoms with van der Waals surface area (Å²) in [6.45, 7) is 6.12. The SMILES string of the molecule is CC(C)(C)OC(=O)NCCN(c1ccc(NC2CCCCC2)c(NCc2ccncc2)c1)[SH](=O)=O. The van der Waals surface area contributed by atoms with Crippen LogP contribution in [0.2, 0.25) is 0 Å². The van der Waals surface area contributed by atoms with Gasteiger partial charge >= 0.3 is 6.09 Å². The van der Waals surface area contributed by atoms with Gasteiger partial charge < -0.3 is 20.7 Å². The largest absolute Gasteiger partial charge is 0.444 e. The molecule has 0 bridgehead atoms. The summed E-state index contributed by atoms with van der Waals surface area (Å²) < 4.78 is 30.6. The van der Waals surface area contributed by atoms with E-state index in [-0.39, 0.29) is 13.1 Å². The molecule has 192 valence electrons. The van der Waals surface area contributed by atoms with Gasteiger partial charge in [-0.3, -0.25) is 9.29 Å². The van der Waals surface area contributed by atoms with Crippen molar-refractivity contribution >= 4 is 34.0 Å². The number of carbonyl (C=O) groups is 1. The molecule has 35 heavy (non-hydrogen) atoms. The molecule has 10 heteroatoms. The molecule has 1 fully saturated rings. The van der Waals surface area contributed by atoms with Crippen molar-refractivity contribution in [3.63, 3.8) is 0 Å². The first-order chi connectivity index (χ1) is 16.7. The molecular formula is C25H37N5O4S. The zero-order chi connectivity index (χ0) is 25.3. The number of rotatable bonds is 10. The normalized spacial score (nSPS) is 14.4. The number of hydrogen-bond donors (Lipinski definition) is 4. The maximum atomic E-state index is 12.1. The lowest BCUT2D eigenvalue weighted by atomic mass is 9.95. The monoisotopic (exact) mass is 503 g/mol. The Hall–Kier alpha value is -3.01. The fourth-order valence-corrected chi connectivity index (χ4v) is 4.59. The Bertz CT molecular complexity index is 1030. The van der Waals surface area contributed by atoms with Crippen LogP contribution in [-0.4, -0.2) is 44.2 Å². The lowest BCUT2D eigenvalue weighted by Gasteiger charge is -2.26. The van der Waals surface area contributed by atoms with Crippen LogP contribution < -0.4 is 20.3 Å². The minimum atomic E-state index is -2.90. The lowest BCUT2D eigenvalue weighted by molar-refractivity contribution is 0.0529. The van der Waals surface area contributed by atoms with E-state index in [0.717, 1.165) is 29.8 Å². The number of nitrogens with one attached hydrogen (secondary N) is 3. The Morgan fingerprint density at radius 1 is 1.09 bits per heavy atom. The van der Waals surface area contributed by atoms with E-state index in [1.807, 2.05) is 24.3 Å². The number of pyridine rings is 1. The van der Waals surface area contributed by atoms with E-state index in [0.29, 0.717) is 18.3 Å². The molecule has 0 aliphatic heterocycles. The summed E-state index contributed by atoms with van der Waals surface area (Å²) in [6.07, 6.45) is 8.86. The fraction of sp³-hybridized carbons (Fsp3) is 0.520. The number of ether oxygens (including phenoxy) is 1. The van der Waals surface area contributed by atoms with Crippen molar-refractivity contribution in [1.82, 2.24) is 10.3 Å². The Labute approximate surface area is 209 Å². The van der Waals surface area contributed by atoms with E-state index in [2.05, 4.69) is 20.9 Å². The second-order valence-corrected chi connectivity index (χ2v) is 10.7. The van der Waals surface area contributed by atoms with Gasteiger partial charge in [-0.1, -0.05) is 19.3 Å². The van der Waals surface area contributed by atoms with Gasteiger partial charge in [0.1, 0.15) is 5.60 Å². The van der Waals surface area contributed by atoms with Gasteiger partial charge in [-0.15, -0.1) is 0 Å². The van der Waals surface area contributed by atoms with Crippen LogP contribution in [0.3, 0.4) is 0 Å². The summed E-state index contributed by atoms with van der Waals surface area (Å²) in [5, 5.41) is 9.71. The molecule has 1 heterocycles. The second kappa shape index (κ2) is 12.6. The molecule has 0 spiro atoms. The van der Waals surface area contributed by atoms with Crippen LogP contribution in [0.4, 0.5) is 21.9 Å². The molecule has 0 saturated heterocycles. The van der Waals surface area contributed by atoms with Gasteiger partial charge in [0.05, 0.1) is 23.6 Å². The number of anilines is 3. The van der Waals surface area contributed by atoms with E-state index in [4.69, 9.17) is 4.74 Å². The number of aromatic nitrogens is 1. The van der Waals surface area contributed by atoms with E-state index >= 15 is 0 Å². The molecule has 0 atom stereocenters. The average Bonchev–Trinajstić information content (AvgIpc) is 2.81. The number of carbonyl (C=O) groups excluding carboxylic acids is 1. The van der Waals surface area contributed by atoms with Gasteiger partial charge in [0, 0.05) is 31.5 Å². The molecule has 3 N–H and O–H groups in total. The Morgan fingerprint density at radius 2 is 1.80 bits per heavy atom. The van der Waals surface area contributed by atoms with Gasteiger partial charge in [0.25, 0.3) is 0 Å². The first-order valence-electron chi connectivity index (χ1n) is 12.1. The van der Waals surface area contributed by atoms with Crippen molar-refractivity contribution in [3.05, 3.63) is 48.3 Å². The van der Waals surface area contributed by atoms with Crippen LogP contribution in [0.15, 0.2) is 42.7 Å². The quantitative estimate of drug-likeness (QED) is 0.358. The third kappa shape index (κ3) is 8.93. The minimum absolute atomic E-state index is 0.0944. The van der Waals surface area contributed by atoms with Crippen LogP contribution in [-0.2, 0) is 22.2 Å². The summed E-state index contributed by atoms with van der Waals surface area (Å²) in [5.41, 5.74) is 2.75. The number of nitrogens with zero attached hydrogens (tertiary/aromatic N) is 2. The van der Waals surface area contributed by atoms with Crippen molar-refractivity contribution in [2.45, 2.75) is 71.1 Å². The molecule has 1 aromatic heterocycles. The maximum absolute atomic E-state index is 12.1. The summed E-state index contributed by atoms with van der Waals surface area (Å²) in [6, 6.07) is 9.84. The van der Waals surface area contributed by atoms with E-state index < -0.39 is 22.6 Å². The predicted octanol–water partition coefficient (Wildman–Crippen LogP) is 4.30. The van der Waals surface area contributed by atoms with Crippen LogP contribution in [0.1, 0.15) is 58.4 Å². The van der Waals surface area contributed by atoms with E-state index in [1.54, 1.807) is 39.2 Å². The van der Waals surface area contributed by atoms with E-state index in [1.165, 1.54) is 23.6 Å². The third-order valence-corrected chi connectivity index (χ3v) is 6.51. The number of benzene rings is 1. The van der Waals surface area contributed by atoms with Crippen molar-refractivity contribution in [2.75, 3.05) is 28.0 Å². The molecule has 0 unspecified atom stereocenters. The zero-order valence-electron chi connectivity index (χ0n) is 20.8. The molecular weight excluding hydrogens is 466 g/mol. The van der Waals surface area contributed by atoms with Gasteiger partial charge in [-0.05, 0) is 69.5 Å². The van der Waals surface area contributed by atoms with Crippen LogP contribution >= 0.6 is 0 Å². The van der Waals surface area contributed by atoms with Crippen molar-refractivity contribution in [3.8, 4) is 0 Å². The maximum Gasteiger partial charge on any atom is 0.407 e. The molecule has 1 aromatic carbocycles. The first kappa shape index (κ1) is 26.6. The van der Waals surface area contributed by atoms with Gasteiger partial charge in [-0.25, -0.2) is 13.2 Å². The van der Waals surface area contributed by atoms with Gasteiger partial charge in [-0.2, -0.15) is 0 Å². The summed E-state index contributed by atoms with van der Waals surface area (Å²) >= 11 is 0.